The van der Waals surface area contributed by atoms with Crippen molar-refractivity contribution >= 4 is 7.60 Å². The van der Waals surface area contributed by atoms with E-state index in [2.05, 4.69) is 6.92 Å². The molecule has 0 saturated heterocycles. The average Bonchev–Trinajstić information content (AvgIpc) is 2.52. The van der Waals surface area contributed by atoms with Crippen LogP contribution in [-0.2, 0) is 4.57 Å². The Balaban J connectivity index is 1.87. The average molecular weight is 358 g/mol. The smallest absolute Gasteiger partial charge is 0.328 e. The summed E-state index contributed by atoms with van der Waals surface area (Å²) in [5.74, 6) is 1.11. The molecule has 2 rings (SSSR count). The summed E-state index contributed by atoms with van der Waals surface area (Å²) < 4.78 is 30.4. The van der Waals surface area contributed by atoms with E-state index in [1.165, 1.54) is 38.2 Å². The lowest BCUT2D eigenvalue weighted by Crippen LogP contribution is -2.14. The van der Waals surface area contributed by atoms with Crippen LogP contribution in [0.5, 0.6) is 5.75 Å². The second kappa shape index (κ2) is 8.98. The third-order valence-electron chi connectivity index (χ3n) is 4.88. The third-order valence-corrected chi connectivity index (χ3v) is 5.64. The summed E-state index contributed by atoms with van der Waals surface area (Å²) >= 11 is 0. The number of ether oxygens (including phenoxy) is 1. The van der Waals surface area contributed by atoms with Crippen LogP contribution < -0.4 is 4.74 Å². The fraction of sp³-hybridized carbons (Fsp3) is 0.667. The Morgan fingerprint density at radius 1 is 1.25 bits per heavy atom. The molecule has 0 atom stereocenters. The lowest BCUT2D eigenvalue weighted by molar-refractivity contribution is 0.299. The van der Waals surface area contributed by atoms with Crippen molar-refractivity contribution in [2.75, 3.05) is 12.8 Å². The Kier molecular flexibility index (Phi) is 7.27. The summed E-state index contributed by atoms with van der Waals surface area (Å²) in [7, 11) is -4.08. The van der Waals surface area contributed by atoms with Gasteiger partial charge in [0.25, 0.3) is 0 Å². The van der Waals surface area contributed by atoms with Crippen molar-refractivity contribution in [3.8, 4) is 5.75 Å². The molecule has 1 aliphatic rings. The molecule has 0 bridgehead atoms. The van der Waals surface area contributed by atoms with E-state index in [9.17, 15) is 8.96 Å². The van der Waals surface area contributed by atoms with Crippen LogP contribution in [-0.4, -0.2) is 22.6 Å². The first-order valence-electron chi connectivity index (χ1n) is 8.86. The normalized spacial score (nSPS) is 21.7. The van der Waals surface area contributed by atoms with Crippen LogP contribution in [0.4, 0.5) is 4.39 Å². The van der Waals surface area contributed by atoms with Gasteiger partial charge in [0.05, 0.1) is 12.8 Å². The van der Waals surface area contributed by atoms with Crippen molar-refractivity contribution in [2.24, 2.45) is 5.92 Å². The van der Waals surface area contributed by atoms with Gasteiger partial charge in [0.15, 0.2) is 0 Å². The first-order valence-corrected chi connectivity index (χ1v) is 10.7. The highest BCUT2D eigenvalue weighted by molar-refractivity contribution is 7.51. The first-order chi connectivity index (χ1) is 11.4. The van der Waals surface area contributed by atoms with E-state index >= 15 is 0 Å². The summed E-state index contributed by atoms with van der Waals surface area (Å²) in [6.07, 6.45) is 7.85. The second-order valence-electron chi connectivity index (χ2n) is 6.78. The van der Waals surface area contributed by atoms with Crippen molar-refractivity contribution in [3.63, 3.8) is 0 Å². The molecule has 0 unspecified atom stereocenters. The van der Waals surface area contributed by atoms with Crippen LogP contribution in [0.3, 0.4) is 0 Å². The Labute approximate surface area is 143 Å². The zero-order valence-electron chi connectivity index (χ0n) is 14.3. The van der Waals surface area contributed by atoms with Crippen molar-refractivity contribution < 1.29 is 23.5 Å². The SMILES string of the molecule is CCCCC1CCC(c2ccc(OCCP(=O)(O)O)cc2F)CC1. The Morgan fingerprint density at radius 3 is 2.54 bits per heavy atom. The second-order valence-corrected chi connectivity index (χ2v) is 8.56. The molecule has 0 heterocycles. The van der Waals surface area contributed by atoms with E-state index in [0.29, 0.717) is 5.75 Å². The monoisotopic (exact) mass is 358 g/mol. The van der Waals surface area contributed by atoms with E-state index in [1.54, 1.807) is 12.1 Å². The van der Waals surface area contributed by atoms with Gasteiger partial charge in [-0.3, -0.25) is 4.57 Å². The fourth-order valence-corrected chi connectivity index (χ4v) is 3.80. The molecule has 4 nitrogen and oxygen atoms in total. The number of unbranched alkanes of at least 4 members (excludes halogenated alkanes) is 1. The lowest BCUT2D eigenvalue weighted by Gasteiger charge is -2.29. The minimum absolute atomic E-state index is 0.119. The number of benzene rings is 1. The quantitative estimate of drug-likeness (QED) is 0.652. The standard InChI is InChI=1S/C18H28FO4P/c1-2-3-4-14-5-7-15(8-6-14)17-10-9-16(13-18(17)19)23-11-12-24(20,21)22/h9-10,13-15H,2-8,11-12H2,1H3,(H2,20,21,22). The van der Waals surface area contributed by atoms with Gasteiger partial charge in [0.2, 0.25) is 0 Å². The van der Waals surface area contributed by atoms with Gasteiger partial charge < -0.3 is 14.5 Å². The van der Waals surface area contributed by atoms with Crippen LogP contribution >= 0.6 is 7.60 Å². The largest absolute Gasteiger partial charge is 0.493 e. The molecule has 0 aliphatic heterocycles. The molecular formula is C18H28FO4P. The number of hydrogen-bond acceptors (Lipinski definition) is 2. The highest BCUT2D eigenvalue weighted by Crippen LogP contribution is 2.39. The summed E-state index contributed by atoms with van der Waals surface area (Å²) in [6, 6.07) is 4.79. The van der Waals surface area contributed by atoms with Crippen LogP contribution in [0.15, 0.2) is 18.2 Å². The van der Waals surface area contributed by atoms with Crippen molar-refractivity contribution in [2.45, 2.75) is 57.8 Å². The molecule has 6 heteroatoms. The van der Waals surface area contributed by atoms with E-state index in [-0.39, 0.29) is 24.5 Å². The minimum atomic E-state index is -4.08. The molecule has 1 saturated carbocycles. The number of halogens is 1. The van der Waals surface area contributed by atoms with Gasteiger partial charge in [0, 0.05) is 6.07 Å². The zero-order chi connectivity index (χ0) is 17.6. The summed E-state index contributed by atoms with van der Waals surface area (Å²) in [5, 5.41) is 0. The molecule has 1 aromatic carbocycles. The van der Waals surface area contributed by atoms with Crippen LogP contribution in [0.1, 0.15) is 63.4 Å². The minimum Gasteiger partial charge on any atom is -0.493 e. The molecule has 2 N–H and O–H groups in total. The molecule has 136 valence electrons. The first kappa shape index (κ1) is 19.4. The van der Waals surface area contributed by atoms with Gasteiger partial charge in [-0.15, -0.1) is 0 Å². The van der Waals surface area contributed by atoms with E-state index in [0.717, 1.165) is 24.3 Å². The van der Waals surface area contributed by atoms with Gasteiger partial charge in [0.1, 0.15) is 11.6 Å². The predicted octanol–water partition coefficient (Wildman–Crippen LogP) is 4.85. The zero-order valence-corrected chi connectivity index (χ0v) is 15.2. The number of hydrogen-bond donors (Lipinski definition) is 2. The van der Waals surface area contributed by atoms with E-state index in [4.69, 9.17) is 14.5 Å². The van der Waals surface area contributed by atoms with E-state index < -0.39 is 7.60 Å². The van der Waals surface area contributed by atoms with Crippen molar-refractivity contribution in [1.82, 2.24) is 0 Å². The van der Waals surface area contributed by atoms with Crippen LogP contribution in [0.2, 0.25) is 0 Å². The maximum absolute atomic E-state index is 14.4. The van der Waals surface area contributed by atoms with Gasteiger partial charge in [-0.05, 0) is 49.1 Å². The molecule has 0 spiro atoms. The molecule has 1 aromatic rings. The lowest BCUT2D eigenvalue weighted by atomic mass is 9.77. The Morgan fingerprint density at radius 2 is 1.96 bits per heavy atom. The summed E-state index contributed by atoms with van der Waals surface area (Å²) in [6.45, 7) is 2.09. The maximum atomic E-state index is 14.4. The van der Waals surface area contributed by atoms with Crippen LogP contribution in [0, 0.1) is 11.7 Å². The van der Waals surface area contributed by atoms with Crippen molar-refractivity contribution in [1.29, 1.82) is 0 Å². The Bertz CT molecular complexity index is 564. The van der Waals surface area contributed by atoms with Crippen LogP contribution in [0.25, 0.3) is 0 Å². The molecule has 1 fully saturated rings. The third kappa shape index (κ3) is 6.19. The molecule has 0 radical (unpaired) electrons. The van der Waals surface area contributed by atoms with E-state index in [1.807, 2.05) is 0 Å². The topological polar surface area (TPSA) is 66.8 Å². The van der Waals surface area contributed by atoms with Gasteiger partial charge >= 0.3 is 7.60 Å². The fourth-order valence-electron chi connectivity index (χ4n) is 3.47. The molecule has 1 aliphatic carbocycles. The highest BCUT2D eigenvalue weighted by Gasteiger charge is 2.24. The molecule has 0 aromatic heterocycles. The highest BCUT2D eigenvalue weighted by atomic mass is 31.2. The van der Waals surface area contributed by atoms with Gasteiger partial charge in [-0.25, -0.2) is 4.39 Å². The summed E-state index contributed by atoms with van der Waals surface area (Å²) in [5.41, 5.74) is 0.742. The maximum Gasteiger partial charge on any atom is 0.328 e. The van der Waals surface area contributed by atoms with Gasteiger partial charge in [-0.2, -0.15) is 0 Å². The predicted molar refractivity (Wildman–Crippen MR) is 93.0 cm³/mol. The molecular weight excluding hydrogens is 330 g/mol. The molecule has 24 heavy (non-hydrogen) atoms. The van der Waals surface area contributed by atoms with Gasteiger partial charge in [-0.1, -0.05) is 32.3 Å². The number of rotatable bonds is 8. The summed E-state index contributed by atoms with van der Waals surface area (Å²) in [4.78, 5) is 17.6. The molecule has 0 amide bonds. The van der Waals surface area contributed by atoms with Crippen molar-refractivity contribution in [3.05, 3.63) is 29.6 Å². The Hall–Kier alpha value is -0.900.